The van der Waals surface area contributed by atoms with E-state index in [1.165, 1.54) is 12.1 Å². The number of halogens is 3. The van der Waals surface area contributed by atoms with Crippen molar-refractivity contribution in [2.75, 3.05) is 6.54 Å². The SMILES string of the molecule is O=C(Cn1cnc2cccc(C(F)(F)F)c2c1=O)[C@H]1NCCC[C@@H]1O. The molecule has 3 rings (SSSR count). The molecule has 2 aromatic rings. The summed E-state index contributed by atoms with van der Waals surface area (Å²) in [7, 11) is 0. The number of nitrogens with zero attached hydrogens (tertiary/aromatic N) is 2. The van der Waals surface area contributed by atoms with Crippen LogP contribution in [0.4, 0.5) is 13.2 Å². The standard InChI is InChI=1S/C16H16F3N3O3/c17-16(18,19)9-3-1-4-10-13(9)15(25)22(8-21-10)7-12(24)14-11(23)5-2-6-20-14/h1,3-4,8,11,14,20,23H,2,5-7H2/t11-,14-/m0/s1. The molecule has 0 saturated carbocycles. The molecule has 2 atom stereocenters. The maximum Gasteiger partial charge on any atom is 0.417 e. The van der Waals surface area contributed by atoms with Crippen LogP contribution in [0.2, 0.25) is 0 Å². The highest BCUT2D eigenvalue weighted by Crippen LogP contribution is 2.32. The highest BCUT2D eigenvalue weighted by atomic mass is 19.4. The lowest BCUT2D eigenvalue weighted by Crippen LogP contribution is -2.51. The number of nitrogens with one attached hydrogen (secondary N) is 1. The molecular weight excluding hydrogens is 339 g/mol. The Hall–Kier alpha value is -2.26. The Labute approximate surface area is 140 Å². The van der Waals surface area contributed by atoms with Gasteiger partial charge in [0.15, 0.2) is 5.78 Å². The van der Waals surface area contributed by atoms with Crippen LogP contribution in [0, 0.1) is 0 Å². The van der Waals surface area contributed by atoms with Gasteiger partial charge in [-0.25, -0.2) is 4.98 Å². The second-order valence-electron chi connectivity index (χ2n) is 5.98. The Bertz CT molecular complexity index is 863. The molecule has 9 heteroatoms. The van der Waals surface area contributed by atoms with Gasteiger partial charge in [-0.15, -0.1) is 0 Å². The second-order valence-corrected chi connectivity index (χ2v) is 5.98. The van der Waals surface area contributed by atoms with Crippen LogP contribution < -0.4 is 10.9 Å². The van der Waals surface area contributed by atoms with Crippen molar-refractivity contribution >= 4 is 16.7 Å². The summed E-state index contributed by atoms with van der Waals surface area (Å²) in [5.41, 5.74) is -2.10. The van der Waals surface area contributed by atoms with Crippen LogP contribution >= 0.6 is 0 Å². The summed E-state index contributed by atoms with van der Waals surface area (Å²) < 4.78 is 40.3. The van der Waals surface area contributed by atoms with Crippen molar-refractivity contribution in [3.8, 4) is 0 Å². The summed E-state index contributed by atoms with van der Waals surface area (Å²) >= 11 is 0. The number of aliphatic hydroxyl groups is 1. The summed E-state index contributed by atoms with van der Waals surface area (Å²) in [6.45, 7) is 0.0965. The Balaban J connectivity index is 1.99. The van der Waals surface area contributed by atoms with E-state index in [2.05, 4.69) is 10.3 Å². The number of aromatic nitrogens is 2. The maximum absolute atomic E-state index is 13.1. The summed E-state index contributed by atoms with van der Waals surface area (Å²) in [6.07, 6.45) is -3.36. The lowest BCUT2D eigenvalue weighted by molar-refractivity contribution is -0.136. The van der Waals surface area contributed by atoms with Gasteiger partial charge in [0.25, 0.3) is 5.56 Å². The van der Waals surface area contributed by atoms with Gasteiger partial charge in [-0.2, -0.15) is 13.2 Å². The smallest absolute Gasteiger partial charge is 0.391 e. The summed E-state index contributed by atoms with van der Waals surface area (Å²) in [6, 6.07) is 2.46. The number of aliphatic hydroxyl groups excluding tert-OH is 1. The Morgan fingerprint density at radius 1 is 1.40 bits per heavy atom. The number of benzene rings is 1. The number of alkyl halides is 3. The topological polar surface area (TPSA) is 84.2 Å². The number of carbonyl (C=O) groups excluding carboxylic acids is 1. The van der Waals surface area contributed by atoms with Gasteiger partial charge in [-0.1, -0.05) is 6.07 Å². The Morgan fingerprint density at radius 2 is 2.16 bits per heavy atom. The van der Waals surface area contributed by atoms with E-state index in [9.17, 15) is 27.9 Å². The van der Waals surface area contributed by atoms with Crippen molar-refractivity contribution in [3.63, 3.8) is 0 Å². The predicted octanol–water partition coefficient (Wildman–Crippen LogP) is 1.10. The largest absolute Gasteiger partial charge is 0.417 e. The van der Waals surface area contributed by atoms with Gasteiger partial charge >= 0.3 is 6.18 Å². The van der Waals surface area contributed by atoms with Crippen LogP contribution in [0.25, 0.3) is 10.9 Å². The van der Waals surface area contributed by atoms with E-state index in [0.717, 1.165) is 23.4 Å². The van der Waals surface area contributed by atoms with E-state index in [1.807, 2.05) is 0 Å². The monoisotopic (exact) mass is 355 g/mol. The number of hydrogen-bond donors (Lipinski definition) is 2. The molecule has 0 spiro atoms. The van der Waals surface area contributed by atoms with E-state index in [1.54, 1.807) is 0 Å². The highest BCUT2D eigenvalue weighted by molar-refractivity contribution is 5.85. The van der Waals surface area contributed by atoms with Crippen molar-refractivity contribution in [2.45, 2.75) is 37.7 Å². The summed E-state index contributed by atoms with van der Waals surface area (Å²) in [5, 5.41) is 12.2. The lowest BCUT2D eigenvalue weighted by atomic mass is 9.97. The molecule has 0 radical (unpaired) electrons. The minimum absolute atomic E-state index is 0.0839. The molecule has 0 amide bonds. The molecule has 0 bridgehead atoms. The number of Topliss-reactive ketones (excluding diaryl/α,β-unsaturated/α-hetero) is 1. The van der Waals surface area contributed by atoms with Crippen molar-refractivity contribution in [2.24, 2.45) is 0 Å². The van der Waals surface area contributed by atoms with Crippen molar-refractivity contribution in [3.05, 3.63) is 40.4 Å². The average Bonchev–Trinajstić information content (AvgIpc) is 2.56. The van der Waals surface area contributed by atoms with Crippen molar-refractivity contribution in [1.82, 2.24) is 14.9 Å². The molecule has 1 saturated heterocycles. The molecule has 6 nitrogen and oxygen atoms in total. The fourth-order valence-corrected chi connectivity index (χ4v) is 3.02. The Morgan fingerprint density at radius 3 is 2.84 bits per heavy atom. The minimum Gasteiger partial charge on any atom is -0.391 e. The van der Waals surface area contributed by atoms with Crippen LogP contribution in [0.1, 0.15) is 18.4 Å². The first-order chi connectivity index (χ1) is 11.8. The normalized spacial score (nSPS) is 21.4. The second kappa shape index (κ2) is 6.57. The molecule has 134 valence electrons. The number of piperidine rings is 1. The molecule has 1 fully saturated rings. The fraction of sp³-hybridized carbons (Fsp3) is 0.438. The average molecular weight is 355 g/mol. The molecule has 1 aliphatic heterocycles. The zero-order valence-corrected chi connectivity index (χ0v) is 13.1. The van der Waals surface area contributed by atoms with Crippen molar-refractivity contribution in [1.29, 1.82) is 0 Å². The molecule has 1 aliphatic rings. The van der Waals surface area contributed by atoms with Gasteiger partial charge in [-0.05, 0) is 31.5 Å². The maximum atomic E-state index is 13.1. The predicted molar refractivity (Wildman–Crippen MR) is 83.0 cm³/mol. The first-order valence-electron chi connectivity index (χ1n) is 7.78. The lowest BCUT2D eigenvalue weighted by Gasteiger charge is -2.27. The first kappa shape index (κ1) is 17.6. The molecule has 0 unspecified atom stereocenters. The number of carbonyl (C=O) groups is 1. The number of ketones is 1. The van der Waals surface area contributed by atoms with E-state index in [-0.39, 0.29) is 5.52 Å². The van der Waals surface area contributed by atoms with Gasteiger partial charge in [0.05, 0.1) is 41.5 Å². The third-order valence-electron chi connectivity index (χ3n) is 4.26. The molecule has 1 aromatic carbocycles. The van der Waals surface area contributed by atoms with Gasteiger partial charge in [0, 0.05) is 0 Å². The van der Waals surface area contributed by atoms with E-state index < -0.39 is 47.2 Å². The molecule has 2 N–H and O–H groups in total. The van der Waals surface area contributed by atoms with Gasteiger partial charge in [-0.3, -0.25) is 14.2 Å². The molecule has 0 aliphatic carbocycles. The highest BCUT2D eigenvalue weighted by Gasteiger charge is 2.34. The number of hydrogen-bond acceptors (Lipinski definition) is 5. The first-order valence-corrected chi connectivity index (χ1v) is 7.78. The Kier molecular flexibility index (Phi) is 4.61. The van der Waals surface area contributed by atoms with Crippen LogP contribution in [0.3, 0.4) is 0 Å². The summed E-state index contributed by atoms with van der Waals surface area (Å²) in [5.74, 6) is -0.472. The third kappa shape index (κ3) is 3.42. The quantitative estimate of drug-likeness (QED) is 0.861. The molecular formula is C16H16F3N3O3. The van der Waals surface area contributed by atoms with E-state index >= 15 is 0 Å². The van der Waals surface area contributed by atoms with Crippen LogP contribution in [-0.4, -0.2) is 39.1 Å². The molecule has 25 heavy (non-hydrogen) atoms. The number of rotatable bonds is 3. The van der Waals surface area contributed by atoms with E-state index in [4.69, 9.17) is 0 Å². The fourth-order valence-electron chi connectivity index (χ4n) is 3.02. The van der Waals surface area contributed by atoms with E-state index in [0.29, 0.717) is 13.0 Å². The molecule has 2 heterocycles. The van der Waals surface area contributed by atoms with Crippen LogP contribution in [-0.2, 0) is 17.5 Å². The van der Waals surface area contributed by atoms with Gasteiger partial charge < -0.3 is 10.4 Å². The minimum atomic E-state index is -4.70. The van der Waals surface area contributed by atoms with Crippen LogP contribution in [0.5, 0.6) is 0 Å². The molecule has 1 aromatic heterocycles. The summed E-state index contributed by atoms with van der Waals surface area (Å²) in [4.78, 5) is 28.7. The number of fused-ring (bicyclic) bond motifs is 1. The van der Waals surface area contributed by atoms with Gasteiger partial charge in [0.1, 0.15) is 0 Å². The zero-order valence-electron chi connectivity index (χ0n) is 13.1. The van der Waals surface area contributed by atoms with Crippen molar-refractivity contribution < 1.29 is 23.1 Å². The van der Waals surface area contributed by atoms with Crippen LogP contribution in [0.15, 0.2) is 29.3 Å². The zero-order chi connectivity index (χ0) is 18.2. The van der Waals surface area contributed by atoms with Gasteiger partial charge in [0.2, 0.25) is 0 Å². The third-order valence-corrected chi connectivity index (χ3v) is 4.26.